The minimum atomic E-state index is -0.733. The average molecular weight is 336 g/mol. The Kier molecular flexibility index (Phi) is 6.19. The second-order valence-corrected chi connectivity index (χ2v) is 4.87. The summed E-state index contributed by atoms with van der Waals surface area (Å²) in [4.78, 5) is 20.0. The quantitative estimate of drug-likeness (QED) is 0.661. The highest BCUT2D eigenvalue weighted by molar-refractivity contribution is 5.94. The molecule has 3 N–H and O–H groups in total. The fourth-order valence-electron chi connectivity index (χ4n) is 2.04. The van der Waals surface area contributed by atoms with Crippen LogP contribution < -0.4 is 5.48 Å². The van der Waals surface area contributed by atoms with E-state index in [1.807, 2.05) is 5.48 Å². The van der Waals surface area contributed by atoms with Gasteiger partial charge in [0.2, 0.25) is 0 Å². The molecule has 1 amide bonds. The highest BCUT2D eigenvalue weighted by atomic mass is 19.1. The van der Waals surface area contributed by atoms with Gasteiger partial charge in [-0.05, 0) is 17.7 Å². The van der Waals surface area contributed by atoms with Gasteiger partial charge in [-0.15, -0.1) is 0 Å². The first-order valence-corrected chi connectivity index (χ1v) is 7.03. The van der Waals surface area contributed by atoms with Gasteiger partial charge in [-0.25, -0.2) is 14.9 Å². The van der Waals surface area contributed by atoms with Crippen molar-refractivity contribution in [2.45, 2.75) is 19.8 Å². The third kappa shape index (κ3) is 4.25. The molecule has 8 heteroatoms. The Morgan fingerprint density at radius 3 is 2.62 bits per heavy atom. The standard InChI is InChI=1S/C16H17FN2O5/c1-23-19-16(22)14-15(21)13(7-20)11(6-18-14)9-24-8-10-2-4-12(17)5-3-10/h2-6,20-21H,7-9H2,1H3,(H,19,22). The first-order chi connectivity index (χ1) is 11.6. The molecule has 0 bridgehead atoms. The van der Waals surface area contributed by atoms with Crippen molar-refractivity contribution in [2.75, 3.05) is 7.11 Å². The van der Waals surface area contributed by atoms with Crippen LogP contribution in [-0.4, -0.2) is 28.2 Å². The molecule has 0 spiro atoms. The molecule has 0 saturated carbocycles. The first kappa shape index (κ1) is 17.8. The lowest BCUT2D eigenvalue weighted by Crippen LogP contribution is -2.23. The van der Waals surface area contributed by atoms with Crippen LogP contribution in [0.25, 0.3) is 0 Å². The van der Waals surface area contributed by atoms with Crippen LogP contribution in [0.3, 0.4) is 0 Å². The van der Waals surface area contributed by atoms with Crippen LogP contribution in [0.4, 0.5) is 4.39 Å². The van der Waals surface area contributed by atoms with Crippen molar-refractivity contribution in [2.24, 2.45) is 0 Å². The average Bonchev–Trinajstić information content (AvgIpc) is 2.57. The molecule has 1 heterocycles. The number of amides is 1. The Balaban J connectivity index is 2.08. The predicted octanol–water partition coefficient (Wildman–Crippen LogP) is 1.43. The lowest BCUT2D eigenvalue weighted by atomic mass is 10.1. The summed E-state index contributed by atoms with van der Waals surface area (Å²) in [6, 6.07) is 5.84. The smallest absolute Gasteiger partial charge is 0.297 e. The molecule has 1 aromatic carbocycles. The summed E-state index contributed by atoms with van der Waals surface area (Å²) in [6.45, 7) is -0.214. The van der Waals surface area contributed by atoms with Crippen molar-refractivity contribution in [1.82, 2.24) is 10.5 Å². The van der Waals surface area contributed by atoms with Gasteiger partial charge in [0.15, 0.2) is 11.4 Å². The predicted molar refractivity (Wildman–Crippen MR) is 81.2 cm³/mol. The molecular weight excluding hydrogens is 319 g/mol. The number of halogens is 1. The van der Waals surface area contributed by atoms with Gasteiger partial charge in [0.05, 0.1) is 26.9 Å². The van der Waals surface area contributed by atoms with Crippen LogP contribution in [0.2, 0.25) is 0 Å². The van der Waals surface area contributed by atoms with Gasteiger partial charge in [0.25, 0.3) is 5.91 Å². The number of carbonyl (C=O) groups excluding carboxylic acids is 1. The Bertz CT molecular complexity index is 706. The largest absolute Gasteiger partial charge is 0.505 e. The number of rotatable bonds is 7. The van der Waals surface area contributed by atoms with E-state index in [-0.39, 0.29) is 30.3 Å². The van der Waals surface area contributed by atoms with E-state index in [9.17, 15) is 19.4 Å². The zero-order valence-corrected chi connectivity index (χ0v) is 13.0. The van der Waals surface area contributed by atoms with Gasteiger partial charge in [-0.1, -0.05) is 12.1 Å². The van der Waals surface area contributed by atoms with Gasteiger partial charge >= 0.3 is 0 Å². The lowest BCUT2D eigenvalue weighted by Gasteiger charge is -2.12. The van der Waals surface area contributed by atoms with E-state index in [0.29, 0.717) is 5.56 Å². The monoisotopic (exact) mass is 336 g/mol. The van der Waals surface area contributed by atoms with Crippen molar-refractivity contribution in [3.05, 3.63) is 58.7 Å². The normalized spacial score (nSPS) is 10.6. The summed E-state index contributed by atoms with van der Waals surface area (Å²) in [5.74, 6) is -1.50. The molecule has 0 aliphatic rings. The van der Waals surface area contributed by atoms with Crippen molar-refractivity contribution in [3.63, 3.8) is 0 Å². The number of ether oxygens (including phenoxy) is 1. The number of nitrogens with one attached hydrogen (secondary N) is 1. The Hall–Kier alpha value is -2.55. The summed E-state index contributed by atoms with van der Waals surface area (Å²) in [5.41, 5.74) is 3.13. The number of aromatic hydroxyl groups is 1. The Morgan fingerprint density at radius 1 is 1.29 bits per heavy atom. The van der Waals surface area contributed by atoms with Crippen LogP contribution in [-0.2, 0) is 29.4 Å². The highest BCUT2D eigenvalue weighted by Gasteiger charge is 2.19. The van der Waals surface area contributed by atoms with Crippen LogP contribution in [0, 0.1) is 5.82 Å². The SMILES string of the molecule is CONC(=O)c1ncc(COCc2ccc(F)cc2)c(CO)c1O. The number of benzene rings is 1. The summed E-state index contributed by atoms with van der Waals surface area (Å²) in [5, 5.41) is 19.5. The molecule has 0 unspecified atom stereocenters. The van der Waals surface area contributed by atoms with E-state index >= 15 is 0 Å². The molecule has 0 radical (unpaired) electrons. The summed E-state index contributed by atoms with van der Waals surface area (Å²) in [7, 11) is 1.25. The van der Waals surface area contributed by atoms with Gasteiger partial charge in [0.1, 0.15) is 5.82 Å². The number of aliphatic hydroxyl groups is 1. The zero-order valence-electron chi connectivity index (χ0n) is 13.0. The minimum absolute atomic E-state index is 0.0556. The number of nitrogens with zero attached hydrogens (tertiary/aromatic N) is 1. The topological polar surface area (TPSA) is 101 Å². The maximum Gasteiger partial charge on any atom is 0.297 e. The Labute approximate surface area is 137 Å². The van der Waals surface area contributed by atoms with Crippen molar-refractivity contribution in [3.8, 4) is 5.75 Å². The maximum atomic E-state index is 12.8. The summed E-state index contributed by atoms with van der Waals surface area (Å²) < 4.78 is 18.3. The van der Waals surface area contributed by atoms with Crippen LogP contribution in [0.1, 0.15) is 27.2 Å². The van der Waals surface area contributed by atoms with E-state index in [4.69, 9.17) is 4.74 Å². The lowest BCUT2D eigenvalue weighted by molar-refractivity contribution is 0.0528. The van der Waals surface area contributed by atoms with Crippen LogP contribution in [0.5, 0.6) is 5.75 Å². The number of pyridine rings is 1. The highest BCUT2D eigenvalue weighted by Crippen LogP contribution is 2.25. The van der Waals surface area contributed by atoms with E-state index < -0.39 is 18.3 Å². The fourth-order valence-corrected chi connectivity index (χ4v) is 2.04. The number of carbonyl (C=O) groups is 1. The first-order valence-electron chi connectivity index (χ1n) is 7.03. The van der Waals surface area contributed by atoms with Gasteiger partial charge in [-0.2, -0.15) is 0 Å². The van der Waals surface area contributed by atoms with E-state index in [1.165, 1.54) is 25.4 Å². The third-order valence-electron chi connectivity index (χ3n) is 3.25. The second kappa shape index (κ2) is 8.34. The minimum Gasteiger partial charge on any atom is -0.505 e. The van der Waals surface area contributed by atoms with Crippen molar-refractivity contribution >= 4 is 5.91 Å². The van der Waals surface area contributed by atoms with Gasteiger partial charge < -0.3 is 14.9 Å². The van der Waals surface area contributed by atoms with Crippen LogP contribution in [0.15, 0.2) is 30.5 Å². The van der Waals surface area contributed by atoms with Crippen LogP contribution >= 0.6 is 0 Å². The maximum absolute atomic E-state index is 12.8. The molecule has 0 atom stereocenters. The zero-order chi connectivity index (χ0) is 17.5. The number of hydrogen-bond donors (Lipinski definition) is 3. The van der Waals surface area contributed by atoms with Gasteiger partial charge in [-0.3, -0.25) is 9.63 Å². The van der Waals surface area contributed by atoms with E-state index in [0.717, 1.165) is 5.56 Å². The molecule has 1 aromatic heterocycles. The third-order valence-corrected chi connectivity index (χ3v) is 3.25. The number of hydroxylamine groups is 1. The second-order valence-electron chi connectivity index (χ2n) is 4.87. The molecule has 2 aromatic rings. The summed E-state index contributed by atoms with van der Waals surface area (Å²) in [6.07, 6.45) is 1.33. The summed E-state index contributed by atoms with van der Waals surface area (Å²) >= 11 is 0. The molecule has 24 heavy (non-hydrogen) atoms. The molecule has 0 saturated heterocycles. The molecular formula is C16H17FN2O5. The molecule has 128 valence electrons. The number of aliphatic hydroxyl groups excluding tert-OH is 1. The van der Waals surface area contributed by atoms with Crippen molar-refractivity contribution in [1.29, 1.82) is 0 Å². The molecule has 2 rings (SSSR count). The number of aromatic nitrogens is 1. The van der Waals surface area contributed by atoms with Gasteiger partial charge in [0, 0.05) is 17.3 Å². The molecule has 0 fully saturated rings. The van der Waals surface area contributed by atoms with E-state index in [1.54, 1.807) is 12.1 Å². The Morgan fingerprint density at radius 2 is 2.00 bits per heavy atom. The molecule has 0 aliphatic heterocycles. The number of hydrogen-bond acceptors (Lipinski definition) is 6. The van der Waals surface area contributed by atoms with E-state index in [2.05, 4.69) is 9.82 Å². The van der Waals surface area contributed by atoms with Crippen molar-refractivity contribution < 1.29 is 29.0 Å². The molecule has 0 aliphatic carbocycles. The molecule has 7 nitrogen and oxygen atoms in total. The fraction of sp³-hybridized carbons (Fsp3) is 0.250.